The minimum absolute atomic E-state index is 0.0819. The van der Waals surface area contributed by atoms with Gasteiger partial charge in [-0.1, -0.05) is 0 Å². The van der Waals surface area contributed by atoms with Gasteiger partial charge < -0.3 is 10.0 Å². The van der Waals surface area contributed by atoms with E-state index in [1.165, 1.54) is 0 Å². The van der Waals surface area contributed by atoms with E-state index in [1.54, 1.807) is 4.90 Å². The fourth-order valence-electron chi connectivity index (χ4n) is 1.71. The van der Waals surface area contributed by atoms with Crippen LogP contribution in [0.25, 0.3) is 0 Å². The van der Waals surface area contributed by atoms with Crippen molar-refractivity contribution in [3.8, 4) is 0 Å². The monoisotopic (exact) mass is 242 g/mol. The Morgan fingerprint density at radius 3 is 2.35 bits per heavy atom. The molecule has 1 amide bonds. The van der Waals surface area contributed by atoms with Crippen molar-refractivity contribution >= 4 is 11.9 Å². The third kappa shape index (κ3) is 4.73. The predicted molar refractivity (Wildman–Crippen MR) is 64.8 cm³/mol. The number of hydrogen-bond donors (Lipinski definition) is 1. The number of rotatable bonds is 7. The summed E-state index contributed by atoms with van der Waals surface area (Å²) in [5, 5.41) is 8.66. The molecule has 17 heavy (non-hydrogen) atoms. The molecule has 0 bridgehead atoms. The van der Waals surface area contributed by atoms with E-state index in [9.17, 15) is 9.59 Å². The van der Waals surface area contributed by atoms with E-state index >= 15 is 0 Å². The Kier molecular flexibility index (Phi) is 4.93. The number of amides is 1. The van der Waals surface area contributed by atoms with Crippen LogP contribution in [0.2, 0.25) is 0 Å². The van der Waals surface area contributed by atoms with Crippen LogP contribution < -0.4 is 0 Å². The van der Waals surface area contributed by atoms with Crippen molar-refractivity contribution in [3.05, 3.63) is 0 Å². The van der Waals surface area contributed by atoms with Gasteiger partial charge in [0.2, 0.25) is 5.91 Å². The number of aliphatic carboxylic acids is 1. The van der Waals surface area contributed by atoms with Crippen LogP contribution in [0.1, 0.15) is 33.1 Å². The number of carboxylic acid groups (broad SMARTS) is 1. The molecule has 5 heteroatoms. The van der Waals surface area contributed by atoms with Crippen LogP contribution in [-0.4, -0.2) is 59.0 Å². The number of hydrogen-bond acceptors (Lipinski definition) is 3. The number of carboxylic acids is 1. The second-order valence-electron chi connectivity index (χ2n) is 4.94. The maximum atomic E-state index is 11.9. The zero-order chi connectivity index (χ0) is 13.0. The minimum Gasteiger partial charge on any atom is -0.481 e. The summed E-state index contributed by atoms with van der Waals surface area (Å²) in [6.07, 6.45) is 2.27. The molecule has 1 saturated carbocycles. The third-order valence-corrected chi connectivity index (χ3v) is 3.17. The van der Waals surface area contributed by atoms with Gasteiger partial charge >= 0.3 is 5.97 Å². The summed E-state index contributed by atoms with van der Waals surface area (Å²) >= 11 is 0. The number of nitrogens with zero attached hydrogens (tertiary/aromatic N) is 2. The van der Waals surface area contributed by atoms with Gasteiger partial charge in [0, 0.05) is 25.7 Å². The Hall–Kier alpha value is -1.10. The maximum absolute atomic E-state index is 11.9. The highest BCUT2D eigenvalue weighted by molar-refractivity contribution is 5.78. The highest BCUT2D eigenvalue weighted by Gasteiger charge is 2.30. The molecule has 0 aromatic heterocycles. The van der Waals surface area contributed by atoms with E-state index in [2.05, 4.69) is 0 Å². The minimum atomic E-state index is -0.821. The van der Waals surface area contributed by atoms with Crippen molar-refractivity contribution in [1.82, 2.24) is 9.80 Å². The van der Waals surface area contributed by atoms with Crippen LogP contribution in [-0.2, 0) is 9.59 Å². The average molecular weight is 242 g/mol. The van der Waals surface area contributed by atoms with Gasteiger partial charge in [-0.3, -0.25) is 14.5 Å². The summed E-state index contributed by atoms with van der Waals surface area (Å²) in [4.78, 5) is 26.2. The zero-order valence-corrected chi connectivity index (χ0v) is 10.8. The number of likely N-dealkylation sites (N-methyl/N-ethyl adjacent to an activating group) is 1. The Morgan fingerprint density at radius 2 is 1.94 bits per heavy atom. The van der Waals surface area contributed by atoms with Gasteiger partial charge in [-0.2, -0.15) is 0 Å². The van der Waals surface area contributed by atoms with E-state index < -0.39 is 5.97 Å². The Morgan fingerprint density at radius 1 is 1.35 bits per heavy atom. The van der Waals surface area contributed by atoms with E-state index in [-0.39, 0.29) is 18.4 Å². The van der Waals surface area contributed by atoms with Crippen molar-refractivity contribution in [2.45, 2.75) is 45.2 Å². The largest absolute Gasteiger partial charge is 0.481 e. The lowest BCUT2D eigenvalue weighted by Crippen LogP contribution is -2.43. The van der Waals surface area contributed by atoms with Gasteiger partial charge in [-0.25, -0.2) is 0 Å². The topological polar surface area (TPSA) is 60.9 Å². The average Bonchev–Trinajstić information content (AvgIpc) is 3.05. The normalized spacial score (nSPS) is 15.4. The molecule has 0 spiro atoms. The third-order valence-electron chi connectivity index (χ3n) is 3.17. The van der Waals surface area contributed by atoms with Crippen molar-refractivity contribution in [2.75, 3.05) is 20.1 Å². The van der Waals surface area contributed by atoms with Gasteiger partial charge in [0.1, 0.15) is 0 Å². The molecular formula is C12H22N2O3. The summed E-state index contributed by atoms with van der Waals surface area (Å²) < 4.78 is 0. The molecule has 0 radical (unpaired) electrons. The Labute approximate surface area is 102 Å². The molecule has 1 aliphatic rings. The molecule has 0 heterocycles. The first kappa shape index (κ1) is 14.0. The lowest BCUT2D eigenvalue weighted by atomic mass is 10.2. The second kappa shape index (κ2) is 6.00. The van der Waals surface area contributed by atoms with Gasteiger partial charge in [0.15, 0.2) is 0 Å². The first-order valence-electron chi connectivity index (χ1n) is 6.13. The molecule has 1 aliphatic carbocycles. The first-order valence-corrected chi connectivity index (χ1v) is 6.13. The van der Waals surface area contributed by atoms with Crippen LogP contribution in [0.4, 0.5) is 0 Å². The maximum Gasteiger partial charge on any atom is 0.304 e. The van der Waals surface area contributed by atoms with Crippen LogP contribution in [0.3, 0.4) is 0 Å². The Balaban J connectivity index is 2.41. The number of carbonyl (C=O) groups excluding carboxylic acids is 1. The van der Waals surface area contributed by atoms with E-state index in [4.69, 9.17) is 5.11 Å². The van der Waals surface area contributed by atoms with Crippen LogP contribution >= 0.6 is 0 Å². The SMILES string of the molecule is CC(C)N(CCC(=O)O)CC(=O)N(C)C1CC1. The van der Waals surface area contributed by atoms with Crippen LogP contribution in [0, 0.1) is 0 Å². The zero-order valence-electron chi connectivity index (χ0n) is 10.8. The van der Waals surface area contributed by atoms with Crippen LogP contribution in [0.5, 0.6) is 0 Å². The molecule has 98 valence electrons. The highest BCUT2D eigenvalue weighted by Crippen LogP contribution is 2.25. The van der Waals surface area contributed by atoms with E-state index in [0.717, 1.165) is 12.8 Å². The molecule has 1 N–H and O–H groups in total. The van der Waals surface area contributed by atoms with Gasteiger partial charge in [0.25, 0.3) is 0 Å². The fraction of sp³-hybridized carbons (Fsp3) is 0.833. The molecule has 0 atom stereocenters. The van der Waals surface area contributed by atoms with E-state index in [1.807, 2.05) is 25.8 Å². The molecule has 5 nitrogen and oxygen atoms in total. The molecule has 0 aliphatic heterocycles. The summed E-state index contributed by atoms with van der Waals surface area (Å²) in [6.45, 7) is 4.70. The van der Waals surface area contributed by atoms with Crippen molar-refractivity contribution in [1.29, 1.82) is 0 Å². The lowest BCUT2D eigenvalue weighted by molar-refractivity contribution is -0.138. The predicted octanol–water partition coefficient (Wildman–Crippen LogP) is 0.792. The van der Waals surface area contributed by atoms with Crippen molar-refractivity contribution in [3.63, 3.8) is 0 Å². The summed E-state index contributed by atoms with van der Waals surface area (Å²) in [5.74, 6) is -0.731. The molecule has 0 aromatic rings. The van der Waals surface area contributed by atoms with Crippen molar-refractivity contribution in [2.24, 2.45) is 0 Å². The summed E-state index contributed by atoms with van der Waals surface area (Å²) in [6, 6.07) is 0.599. The van der Waals surface area contributed by atoms with Gasteiger partial charge in [-0.05, 0) is 26.7 Å². The highest BCUT2D eigenvalue weighted by atomic mass is 16.4. The molecule has 0 unspecified atom stereocenters. The smallest absolute Gasteiger partial charge is 0.304 e. The van der Waals surface area contributed by atoms with E-state index in [0.29, 0.717) is 19.1 Å². The summed E-state index contributed by atoms with van der Waals surface area (Å²) in [5.41, 5.74) is 0. The standard InChI is InChI=1S/C12H22N2O3/c1-9(2)14(7-6-12(16)17)8-11(15)13(3)10-4-5-10/h9-10H,4-8H2,1-3H3,(H,16,17). The molecule has 1 fully saturated rings. The van der Waals surface area contributed by atoms with Gasteiger partial charge in [0.05, 0.1) is 13.0 Å². The number of carbonyl (C=O) groups is 2. The first-order chi connectivity index (χ1) is 7.91. The molecular weight excluding hydrogens is 220 g/mol. The summed E-state index contributed by atoms with van der Waals surface area (Å²) in [7, 11) is 1.83. The van der Waals surface area contributed by atoms with Gasteiger partial charge in [-0.15, -0.1) is 0 Å². The second-order valence-corrected chi connectivity index (χ2v) is 4.94. The molecule has 0 saturated heterocycles. The van der Waals surface area contributed by atoms with Crippen LogP contribution in [0.15, 0.2) is 0 Å². The Bertz CT molecular complexity index is 287. The van der Waals surface area contributed by atoms with Crippen molar-refractivity contribution < 1.29 is 14.7 Å². The lowest BCUT2D eigenvalue weighted by Gasteiger charge is -2.27. The fourth-order valence-corrected chi connectivity index (χ4v) is 1.71. The molecule has 1 rings (SSSR count). The molecule has 0 aromatic carbocycles. The quantitative estimate of drug-likeness (QED) is 0.717.